The van der Waals surface area contributed by atoms with Crippen LogP contribution in [0, 0.1) is 5.82 Å². The van der Waals surface area contributed by atoms with Crippen molar-refractivity contribution in [2.45, 2.75) is 31.7 Å². The highest BCUT2D eigenvalue weighted by Crippen LogP contribution is 2.27. The fraction of sp³-hybridized carbons (Fsp3) is 0.333. The molecule has 0 N–H and O–H groups in total. The van der Waals surface area contributed by atoms with Crippen molar-refractivity contribution in [2.24, 2.45) is 0 Å². The van der Waals surface area contributed by atoms with E-state index in [9.17, 15) is 23.6 Å². The van der Waals surface area contributed by atoms with Crippen molar-refractivity contribution in [1.29, 1.82) is 0 Å². The Labute approximate surface area is 184 Å². The Balaban J connectivity index is 1.37. The number of Topliss-reactive ketones (excluding diaryl/α,β-unsaturated/α-hetero) is 1. The van der Waals surface area contributed by atoms with E-state index < -0.39 is 30.2 Å². The standard InChI is InChI=1S/C24H23FN2O5/c25-18-8-4-16(5-9-18)21(28)15-32-24(31)17-6-10-19(11-7-17)27-22(29)14-20(23(27)30)26-12-2-1-3-13-26/h4-11,20H,1-3,12-15H2. The summed E-state index contributed by atoms with van der Waals surface area (Å²) in [5, 5.41) is 0. The Morgan fingerprint density at radius 3 is 2.19 bits per heavy atom. The first-order valence-electron chi connectivity index (χ1n) is 10.6. The minimum Gasteiger partial charge on any atom is -0.454 e. The Bertz CT molecular complexity index is 1030. The molecule has 8 heteroatoms. The van der Waals surface area contributed by atoms with Crippen molar-refractivity contribution >= 4 is 29.3 Å². The fourth-order valence-electron chi connectivity index (χ4n) is 4.08. The van der Waals surface area contributed by atoms with Crippen molar-refractivity contribution < 1.29 is 28.3 Å². The topological polar surface area (TPSA) is 84.0 Å². The van der Waals surface area contributed by atoms with Crippen molar-refractivity contribution in [3.63, 3.8) is 0 Å². The van der Waals surface area contributed by atoms with Gasteiger partial charge in [0, 0.05) is 5.56 Å². The maximum absolute atomic E-state index is 13.0. The van der Waals surface area contributed by atoms with E-state index in [1.165, 1.54) is 41.3 Å². The summed E-state index contributed by atoms with van der Waals surface area (Å²) >= 11 is 0. The van der Waals surface area contributed by atoms with Gasteiger partial charge >= 0.3 is 5.97 Å². The molecule has 2 aliphatic rings. The monoisotopic (exact) mass is 438 g/mol. The largest absolute Gasteiger partial charge is 0.454 e. The van der Waals surface area contributed by atoms with E-state index in [1.54, 1.807) is 0 Å². The number of amides is 2. The zero-order chi connectivity index (χ0) is 22.7. The molecule has 2 saturated heterocycles. The second-order valence-corrected chi connectivity index (χ2v) is 7.94. The summed E-state index contributed by atoms with van der Waals surface area (Å²) in [6.45, 7) is 1.16. The number of piperidine rings is 1. The van der Waals surface area contributed by atoms with E-state index in [0.29, 0.717) is 5.69 Å². The summed E-state index contributed by atoms with van der Waals surface area (Å²) in [7, 11) is 0. The van der Waals surface area contributed by atoms with E-state index in [1.807, 2.05) is 0 Å². The van der Waals surface area contributed by atoms with Gasteiger partial charge in [0.1, 0.15) is 5.82 Å². The zero-order valence-electron chi connectivity index (χ0n) is 17.5. The third kappa shape index (κ3) is 4.60. The van der Waals surface area contributed by atoms with Crippen LogP contribution in [0.1, 0.15) is 46.4 Å². The van der Waals surface area contributed by atoms with Gasteiger partial charge in [0.2, 0.25) is 5.91 Å². The molecule has 4 rings (SSSR count). The average molecular weight is 438 g/mol. The SMILES string of the molecule is O=C(COC(=O)c1ccc(N2C(=O)CC(N3CCCCC3)C2=O)cc1)c1ccc(F)cc1. The lowest BCUT2D eigenvalue weighted by Crippen LogP contribution is -2.44. The molecule has 166 valence electrons. The number of hydrogen-bond acceptors (Lipinski definition) is 6. The molecule has 2 aromatic carbocycles. The van der Waals surface area contributed by atoms with Crippen molar-refractivity contribution in [3.05, 3.63) is 65.5 Å². The molecule has 0 radical (unpaired) electrons. The van der Waals surface area contributed by atoms with Crippen LogP contribution in [0.5, 0.6) is 0 Å². The molecule has 0 saturated carbocycles. The average Bonchev–Trinajstić information content (AvgIpc) is 3.12. The van der Waals surface area contributed by atoms with Crippen molar-refractivity contribution in [1.82, 2.24) is 4.90 Å². The Hall–Kier alpha value is -3.39. The quantitative estimate of drug-likeness (QED) is 0.392. The number of hydrogen-bond donors (Lipinski definition) is 0. The second kappa shape index (κ2) is 9.40. The molecule has 2 amide bonds. The smallest absolute Gasteiger partial charge is 0.338 e. The van der Waals surface area contributed by atoms with Crippen molar-refractivity contribution in [3.8, 4) is 0 Å². The number of likely N-dealkylation sites (tertiary alicyclic amines) is 1. The summed E-state index contributed by atoms with van der Waals surface area (Å²) in [5.41, 5.74) is 0.828. The molecule has 0 aromatic heterocycles. The lowest BCUT2D eigenvalue weighted by atomic mass is 10.1. The number of benzene rings is 2. The summed E-state index contributed by atoms with van der Waals surface area (Å²) in [6, 6.07) is 10.5. The first-order valence-corrected chi connectivity index (χ1v) is 10.6. The fourth-order valence-corrected chi connectivity index (χ4v) is 4.08. The lowest BCUT2D eigenvalue weighted by molar-refractivity contribution is -0.123. The van der Waals surface area contributed by atoms with E-state index in [-0.39, 0.29) is 29.4 Å². The van der Waals surface area contributed by atoms with E-state index in [4.69, 9.17) is 4.74 Å². The highest BCUT2D eigenvalue weighted by molar-refractivity contribution is 6.22. The minimum absolute atomic E-state index is 0.161. The number of halogens is 1. The molecule has 2 aliphatic heterocycles. The van der Waals surface area contributed by atoms with Gasteiger partial charge in [0.05, 0.1) is 23.7 Å². The molecule has 2 fully saturated rings. The summed E-state index contributed by atoms with van der Waals surface area (Å²) in [6.07, 6.45) is 3.35. The number of ketones is 1. The number of carbonyl (C=O) groups is 4. The lowest BCUT2D eigenvalue weighted by Gasteiger charge is -2.30. The number of esters is 1. The molecule has 0 bridgehead atoms. The van der Waals surface area contributed by atoms with Crippen LogP contribution in [0.2, 0.25) is 0 Å². The molecular weight excluding hydrogens is 415 g/mol. The van der Waals surface area contributed by atoms with Crippen LogP contribution in [-0.2, 0) is 14.3 Å². The van der Waals surface area contributed by atoms with Crippen LogP contribution in [0.15, 0.2) is 48.5 Å². The summed E-state index contributed by atoms with van der Waals surface area (Å²) < 4.78 is 18.0. The van der Waals surface area contributed by atoms with Gasteiger partial charge in [0.15, 0.2) is 12.4 Å². The molecule has 1 unspecified atom stereocenters. The molecule has 0 spiro atoms. The van der Waals surface area contributed by atoms with Gasteiger partial charge in [-0.15, -0.1) is 0 Å². The van der Waals surface area contributed by atoms with Crippen LogP contribution in [-0.4, -0.2) is 54.2 Å². The first-order chi connectivity index (χ1) is 15.4. The van der Waals surface area contributed by atoms with Crippen LogP contribution < -0.4 is 4.90 Å². The van der Waals surface area contributed by atoms with Crippen molar-refractivity contribution in [2.75, 3.05) is 24.6 Å². The predicted molar refractivity (Wildman–Crippen MR) is 114 cm³/mol. The maximum atomic E-state index is 13.0. The normalized spacial score (nSPS) is 19.3. The van der Waals surface area contributed by atoms with Gasteiger partial charge in [-0.05, 0) is 74.5 Å². The number of anilines is 1. The number of nitrogens with zero attached hydrogens (tertiary/aromatic N) is 2. The second-order valence-electron chi connectivity index (χ2n) is 7.94. The Kier molecular flexibility index (Phi) is 6.41. The van der Waals surface area contributed by atoms with Gasteiger partial charge in [-0.2, -0.15) is 0 Å². The molecule has 7 nitrogen and oxygen atoms in total. The summed E-state index contributed by atoms with van der Waals surface area (Å²) in [4.78, 5) is 53.0. The number of carbonyl (C=O) groups excluding carboxylic acids is 4. The molecular formula is C24H23FN2O5. The molecule has 1 atom stereocenters. The van der Waals surface area contributed by atoms with Gasteiger partial charge < -0.3 is 4.74 Å². The van der Waals surface area contributed by atoms with Crippen LogP contribution in [0.25, 0.3) is 0 Å². The third-order valence-corrected chi connectivity index (χ3v) is 5.82. The van der Waals surface area contributed by atoms with Gasteiger partial charge in [-0.3, -0.25) is 19.3 Å². The molecule has 2 heterocycles. The Morgan fingerprint density at radius 1 is 0.906 bits per heavy atom. The van der Waals surface area contributed by atoms with E-state index in [0.717, 1.165) is 44.5 Å². The predicted octanol–water partition coefficient (Wildman–Crippen LogP) is 2.98. The van der Waals surface area contributed by atoms with Crippen LogP contribution in [0.4, 0.5) is 10.1 Å². The van der Waals surface area contributed by atoms with Gasteiger partial charge in [0.25, 0.3) is 5.91 Å². The highest BCUT2D eigenvalue weighted by atomic mass is 19.1. The van der Waals surface area contributed by atoms with Crippen LogP contribution in [0.3, 0.4) is 0 Å². The number of ether oxygens (including phenoxy) is 1. The molecule has 32 heavy (non-hydrogen) atoms. The third-order valence-electron chi connectivity index (χ3n) is 5.82. The van der Waals surface area contributed by atoms with Gasteiger partial charge in [-0.1, -0.05) is 6.42 Å². The first kappa shape index (κ1) is 21.8. The minimum atomic E-state index is -0.711. The highest BCUT2D eigenvalue weighted by Gasteiger charge is 2.42. The van der Waals surface area contributed by atoms with Crippen LogP contribution >= 0.6 is 0 Å². The maximum Gasteiger partial charge on any atom is 0.338 e. The van der Waals surface area contributed by atoms with Gasteiger partial charge in [-0.25, -0.2) is 14.1 Å². The van der Waals surface area contributed by atoms with E-state index >= 15 is 0 Å². The van der Waals surface area contributed by atoms with E-state index in [2.05, 4.69) is 4.90 Å². The summed E-state index contributed by atoms with van der Waals surface area (Å²) in [5.74, 6) is -2.12. The zero-order valence-corrected chi connectivity index (χ0v) is 17.5. The molecule has 2 aromatic rings. The number of rotatable bonds is 6. The Morgan fingerprint density at radius 2 is 1.53 bits per heavy atom. The molecule has 0 aliphatic carbocycles. The number of imide groups is 1.